The normalized spacial score (nSPS) is 14.0. The Morgan fingerprint density at radius 3 is 1.85 bits per heavy atom. The van der Waals surface area contributed by atoms with Crippen LogP contribution in [0.25, 0.3) is 11.1 Å². The molecule has 0 aromatic heterocycles. The number of fused-ring (bicyclic) bond motifs is 3. The lowest BCUT2D eigenvalue weighted by Crippen LogP contribution is -2.47. The number of ether oxygens (including phenoxy) is 2. The summed E-state index contributed by atoms with van der Waals surface area (Å²) in [5.41, 5.74) is 14.6. The number of benzene rings is 5. The van der Waals surface area contributed by atoms with Crippen molar-refractivity contribution >= 4 is 23.8 Å². The zero-order valence-corrected chi connectivity index (χ0v) is 26.6. The van der Waals surface area contributed by atoms with E-state index in [2.05, 4.69) is 72.9 Å². The van der Waals surface area contributed by atoms with E-state index in [1.54, 1.807) is 7.11 Å². The Balaban J connectivity index is 1.26. The predicted octanol–water partition coefficient (Wildman–Crippen LogP) is 7.42. The molecule has 1 unspecified atom stereocenters. The Bertz CT molecular complexity index is 1780. The number of nitrogens with two attached hydrogens (primary N) is 1. The first-order valence-electron chi connectivity index (χ1n) is 15.2. The molecule has 7 heteroatoms. The minimum absolute atomic E-state index is 0.0955. The lowest BCUT2D eigenvalue weighted by Gasteiger charge is -2.36. The summed E-state index contributed by atoms with van der Waals surface area (Å²) >= 11 is 1.54. The van der Waals surface area contributed by atoms with Gasteiger partial charge in [0.1, 0.15) is 18.4 Å². The van der Waals surface area contributed by atoms with Crippen LogP contribution in [0.4, 0.5) is 4.79 Å². The fourth-order valence-corrected chi connectivity index (χ4v) is 7.79. The topological polar surface area (TPSA) is 90.7 Å². The van der Waals surface area contributed by atoms with E-state index in [1.165, 1.54) is 11.8 Å². The summed E-state index contributed by atoms with van der Waals surface area (Å²) in [5.74, 6) is 0.212. The van der Waals surface area contributed by atoms with E-state index in [4.69, 9.17) is 15.2 Å². The Morgan fingerprint density at radius 1 is 0.761 bits per heavy atom. The molecule has 6 nitrogen and oxygen atoms in total. The van der Waals surface area contributed by atoms with Crippen LogP contribution in [-0.4, -0.2) is 37.5 Å². The summed E-state index contributed by atoms with van der Waals surface area (Å²) in [7, 11) is 1.64. The molecule has 3 N–H and O–H groups in total. The van der Waals surface area contributed by atoms with Crippen molar-refractivity contribution in [2.45, 2.75) is 23.6 Å². The highest BCUT2D eigenvalue weighted by molar-refractivity contribution is 8.00. The third-order valence-corrected chi connectivity index (χ3v) is 10.2. The van der Waals surface area contributed by atoms with Gasteiger partial charge in [0.25, 0.3) is 0 Å². The summed E-state index contributed by atoms with van der Waals surface area (Å²) in [6.07, 6.45) is -0.684. The van der Waals surface area contributed by atoms with Gasteiger partial charge in [-0.2, -0.15) is 0 Å². The van der Waals surface area contributed by atoms with Crippen molar-refractivity contribution in [3.63, 3.8) is 0 Å². The largest absolute Gasteiger partial charge is 0.497 e. The highest BCUT2D eigenvalue weighted by Crippen LogP contribution is 2.49. The monoisotopic (exact) mass is 628 g/mol. The maximum absolute atomic E-state index is 13.2. The van der Waals surface area contributed by atoms with Gasteiger partial charge in [-0.15, -0.1) is 11.8 Å². The van der Waals surface area contributed by atoms with Crippen molar-refractivity contribution < 1.29 is 19.1 Å². The zero-order chi connectivity index (χ0) is 32.1. The zero-order valence-electron chi connectivity index (χ0n) is 25.8. The standard InChI is InChI=1S/C39H36N2O4S/c1-26-16-18-28(19-17-26)39(27-10-4-3-5-11-27,29-20-22-30(44-2)23-21-29)46-25-36(37(40)42)41-38(43)45-24-35-33-14-8-6-12-31(33)32-13-7-9-15-34(32)35/h3-23,35-36H,24-25H2,1-2H3,(H2,40,42)(H,41,43)/t36-,39?/m0/s1. The maximum Gasteiger partial charge on any atom is 0.407 e. The molecule has 1 aliphatic carbocycles. The number of rotatable bonds is 11. The van der Waals surface area contributed by atoms with Crippen LogP contribution in [0, 0.1) is 6.92 Å². The van der Waals surface area contributed by atoms with Gasteiger partial charge in [-0.05, 0) is 58.0 Å². The SMILES string of the molecule is COc1ccc(C(SC[C@H](NC(=O)OCC2c3ccccc3-c3ccccc32)C(N)=O)(c2ccccc2)c2ccc(C)cc2)cc1. The average molecular weight is 629 g/mol. The van der Waals surface area contributed by atoms with Gasteiger partial charge in [0.05, 0.1) is 11.9 Å². The molecule has 0 radical (unpaired) electrons. The van der Waals surface area contributed by atoms with Crippen LogP contribution in [0.3, 0.4) is 0 Å². The third-order valence-electron chi connectivity index (χ3n) is 8.58. The molecular weight excluding hydrogens is 593 g/mol. The molecule has 0 saturated heterocycles. The molecule has 232 valence electrons. The summed E-state index contributed by atoms with van der Waals surface area (Å²) < 4.78 is 10.5. The fraction of sp³-hybridized carbons (Fsp3) is 0.179. The Hall–Kier alpha value is -5.01. The van der Waals surface area contributed by atoms with E-state index in [9.17, 15) is 9.59 Å². The molecule has 0 bridgehead atoms. The Kier molecular flexibility index (Phi) is 9.13. The molecule has 5 aromatic carbocycles. The van der Waals surface area contributed by atoms with Crippen molar-refractivity contribution in [1.29, 1.82) is 0 Å². The van der Waals surface area contributed by atoms with Crippen molar-refractivity contribution in [2.24, 2.45) is 5.73 Å². The maximum atomic E-state index is 13.2. The van der Waals surface area contributed by atoms with Crippen LogP contribution in [0.15, 0.2) is 127 Å². The minimum Gasteiger partial charge on any atom is -0.497 e. The van der Waals surface area contributed by atoms with Crippen molar-refractivity contribution in [3.8, 4) is 16.9 Å². The number of amides is 2. The molecule has 0 saturated carbocycles. The summed E-state index contributed by atoms with van der Waals surface area (Å²) in [5, 5.41) is 2.77. The molecule has 0 spiro atoms. The van der Waals surface area contributed by atoms with E-state index in [0.717, 1.165) is 50.3 Å². The Morgan fingerprint density at radius 2 is 1.28 bits per heavy atom. The molecule has 2 amide bonds. The van der Waals surface area contributed by atoms with Crippen LogP contribution in [-0.2, 0) is 14.3 Å². The molecular formula is C39H36N2O4S. The van der Waals surface area contributed by atoms with E-state index in [1.807, 2.05) is 66.7 Å². The first kappa shape index (κ1) is 31.0. The number of carbonyl (C=O) groups is 2. The number of thioether (sulfide) groups is 1. The van der Waals surface area contributed by atoms with Gasteiger partial charge in [0.15, 0.2) is 0 Å². The summed E-state index contributed by atoms with van der Waals surface area (Å²) in [6.45, 7) is 2.19. The number of nitrogens with one attached hydrogen (secondary N) is 1. The van der Waals surface area contributed by atoms with Gasteiger partial charge in [0.2, 0.25) is 5.91 Å². The predicted molar refractivity (Wildman–Crippen MR) is 184 cm³/mol. The lowest BCUT2D eigenvalue weighted by atomic mass is 9.83. The van der Waals surface area contributed by atoms with Gasteiger partial charge in [0, 0.05) is 11.7 Å². The second-order valence-electron chi connectivity index (χ2n) is 11.4. The van der Waals surface area contributed by atoms with E-state index < -0.39 is 22.8 Å². The average Bonchev–Trinajstić information content (AvgIpc) is 3.41. The first-order chi connectivity index (χ1) is 22.4. The van der Waals surface area contributed by atoms with Crippen LogP contribution in [0.2, 0.25) is 0 Å². The van der Waals surface area contributed by atoms with E-state index in [0.29, 0.717) is 0 Å². The molecule has 46 heavy (non-hydrogen) atoms. The summed E-state index contributed by atoms with van der Waals surface area (Å²) in [6, 6.07) is 41.8. The number of carbonyl (C=O) groups excluding carboxylic acids is 2. The van der Waals surface area contributed by atoms with E-state index in [-0.39, 0.29) is 18.3 Å². The van der Waals surface area contributed by atoms with Crippen LogP contribution in [0.5, 0.6) is 5.75 Å². The lowest BCUT2D eigenvalue weighted by molar-refractivity contribution is -0.119. The number of aryl methyl sites for hydroxylation is 1. The van der Waals surface area contributed by atoms with Crippen LogP contribution >= 0.6 is 11.8 Å². The van der Waals surface area contributed by atoms with Crippen molar-refractivity contribution in [2.75, 3.05) is 19.5 Å². The smallest absolute Gasteiger partial charge is 0.407 e. The van der Waals surface area contributed by atoms with Gasteiger partial charge >= 0.3 is 6.09 Å². The third kappa shape index (κ3) is 6.11. The van der Waals surface area contributed by atoms with Gasteiger partial charge in [-0.1, -0.05) is 121 Å². The molecule has 5 aromatic rings. The van der Waals surface area contributed by atoms with Crippen molar-refractivity contribution in [3.05, 3.63) is 161 Å². The summed E-state index contributed by atoms with van der Waals surface area (Å²) in [4.78, 5) is 26.0. The van der Waals surface area contributed by atoms with Gasteiger partial charge in [-0.25, -0.2) is 4.79 Å². The Labute approximate surface area is 274 Å². The highest BCUT2D eigenvalue weighted by atomic mass is 32.2. The minimum atomic E-state index is -0.979. The highest BCUT2D eigenvalue weighted by Gasteiger charge is 2.39. The fourth-order valence-electron chi connectivity index (χ4n) is 6.22. The second-order valence-corrected chi connectivity index (χ2v) is 12.6. The number of hydrogen-bond donors (Lipinski definition) is 2. The molecule has 2 atom stereocenters. The van der Waals surface area contributed by atoms with Gasteiger partial charge < -0.3 is 20.5 Å². The number of primary amides is 1. The quantitative estimate of drug-likeness (QED) is 0.149. The molecule has 0 aliphatic heterocycles. The molecule has 1 aliphatic rings. The first-order valence-corrected chi connectivity index (χ1v) is 16.2. The molecule has 6 rings (SSSR count). The molecule has 0 fully saturated rings. The second kappa shape index (κ2) is 13.5. The van der Waals surface area contributed by atoms with E-state index >= 15 is 0 Å². The van der Waals surface area contributed by atoms with Gasteiger partial charge in [-0.3, -0.25) is 4.79 Å². The number of hydrogen-bond acceptors (Lipinski definition) is 5. The van der Waals surface area contributed by atoms with Crippen LogP contribution < -0.4 is 15.8 Å². The van der Waals surface area contributed by atoms with Crippen LogP contribution in [0.1, 0.15) is 39.3 Å². The molecule has 0 heterocycles. The number of alkyl carbamates (subject to hydrolysis) is 1. The van der Waals surface area contributed by atoms with Crippen molar-refractivity contribution in [1.82, 2.24) is 5.32 Å². The number of methoxy groups -OCH3 is 1.